The van der Waals surface area contributed by atoms with Gasteiger partial charge in [-0.25, -0.2) is 4.68 Å². The van der Waals surface area contributed by atoms with Crippen molar-refractivity contribution in [2.24, 2.45) is 5.16 Å². The number of anilines is 1. The average molecular weight is 658 g/mol. The fourth-order valence-corrected chi connectivity index (χ4v) is 5.01. The zero-order valence-corrected chi connectivity index (χ0v) is 24.0. The maximum absolute atomic E-state index is 14.4. The van der Waals surface area contributed by atoms with Gasteiger partial charge in [0.15, 0.2) is 0 Å². The maximum atomic E-state index is 14.4. The number of nitrogens with zero attached hydrogens (tertiary/aromatic N) is 7. The van der Waals surface area contributed by atoms with Gasteiger partial charge in [0.1, 0.15) is 18.9 Å². The van der Waals surface area contributed by atoms with Crippen LogP contribution in [0.15, 0.2) is 41.6 Å². The lowest BCUT2D eigenvalue weighted by molar-refractivity contribution is -0.275. The fraction of sp³-hybridized carbons (Fsp3) is 0.333. The van der Waals surface area contributed by atoms with Gasteiger partial charge in [-0.05, 0) is 48.4 Å². The summed E-state index contributed by atoms with van der Waals surface area (Å²) in [4.78, 5) is 23.3. The molecule has 0 radical (unpaired) electrons. The van der Waals surface area contributed by atoms with Crippen molar-refractivity contribution in [3.63, 3.8) is 0 Å². The number of amides is 1. The van der Waals surface area contributed by atoms with E-state index in [-0.39, 0.29) is 43.8 Å². The van der Waals surface area contributed by atoms with Crippen molar-refractivity contribution in [2.75, 3.05) is 11.4 Å². The molecule has 3 aromatic rings. The number of carbonyl (C=O) groups excluding carboxylic acids is 1. The molecule has 1 unspecified atom stereocenters. The molecule has 1 aromatic heterocycles. The van der Waals surface area contributed by atoms with Crippen molar-refractivity contribution in [3.05, 3.63) is 74.5 Å². The Kier molecular flexibility index (Phi) is 9.13. The Labute approximate surface area is 255 Å². The number of oxime groups is 1. The third-order valence-electron chi connectivity index (χ3n) is 6.61. The first-order chi connectivity index (χ1) is 20.6. The molecule has 1 aliphatic rings. The molecule has 0 saturated heterocycles. The zero-order valence-electron chi connectivity index (χ0n) is 22.5. The van der Waals surface area contributed by atoms with Gasteiger partial charge in [0.25, 0.3) is 17.5 Å². The van der Waals surface area contributed by atoms with Gasteiger partial charge >= 0.3 is 12.4 Å². The maximum Gasteiger partial charge on any atom is 0.435 e. The number of carbonyl (C=O) groups is 1. The summed E-state index contributed by atoms with van der Waals surface area (Å²) in [7, 11) is 0. The molecule has 4 rings (SSSR count). The molecule has 0 N–H and O–H groups in total. The van der Waals surface area contributed by atoms with Crippen LogP contribution in [0, 0.1) is 29.6 Å². The molecule has 44 heavy (non-hydrogen) atoms. The van der Waals surface area contributed by atoms with E-state index in [1.54, 1.807) is 12.1 Å². The molecule has 1 atom stereocenters. The number of aromatic nitrogens is 3. The quantitative estimate of drug-likeness (QED) is 0.197. The first kappa shape index (κ1) is 32.6. The summed E-state index contributed by atoms with van der Waals surface area (Å²) in [6.07, 6.45) is -12.0. The molecular weight excluding hydrogens is 639 g/mol. The van der Waals surface area contributed by atoms with Crippen molar-refractivity contribution < 1.29 is 36.0 Å². The van der Waals surface area contributed by atoms with E-state index in [0.717, 1.165) is 21.7 Å². The molecule has 0 saturated carbocycles. The molecule has 230 valence electrons. The highest BCUT2D eigenvalue weighted by Gasteiger charge is 2.62. The minimum atomic E-state index is -4.92. The Morgan fingerprint density at radius 1 is 1.09 bits per heavy atom. The van der Waals surface area contributed by atoms with E-state index in [1.165, 1.54) is 31.2 Å². The first-order valence-corrected chi connectivity index (χ1v) is 13.3. The molecule has 1 amide bonds. The number of hydrogen-bond acceptors (Lipinski definition) is 7. The second kappa shape index (κ2) is 12.3. The monoisotopic (exact) mass is 657 g/mol. The van der Waals surface area contributed by atoms with E-state index in [1.807, 2.05) is 0 Å². The van der Waals surface area contributed by atoms with Crippen LogP contribution in [0.1, 0.15) is 45.7 Å². The van der Waals surface area contributed by atoms with Crippen LogP contribution in [0.25, 0.3) is 0 Å². The molecule has 0 aliphatic carbocycles. The van der Waals surface area contributed by atoms with Gasteiger partial charge in [0, 0.05) is 34.0 Å². The predicted molar refractivity (Wildman–Crippen MR) is 145 cm³/mol. The van der Waals surface area contributed by atoms with Gasteiger partial charge in [-0.3, -0.25) is 9.69 Å². The smallest absolute Gasteiger partial charge is 0.374 e. The molecule has 0 spiro atoms. The number of nitriles is 2. The summed E-state index contributed by atoms with van der Waals surface area (Å²) in [5.74, 6) is -1.42. The van der Waals surface area contributed by atoms with Gasteiger partial charge in [-0.2, -0.15) is 41.9 Å². The Morgan fingerprint density at radius 2 is 1.77 bits per heavy atom. The van der Waals surface area contributed by atoms with Crippen LogP contribution in [0.5, 0.6) is 0 Å². The summed E-state index contributed by atoms with van der Waals surface area (Å²) < 4.78 is 82.4. The average Bonchev–Trinajstić information content (AvgIpc) is 3.55. The Balaban J connectivity index is 1.63. The highest BCUT2D eigenvalue weighted by molar-refractivity contribution is 6.34. The Hall–Kier alpha value is -4.34. The van der Waals surface area contributed by atoms with Gasteiger partial charge in [-0.15, -0.1) is 5.10 Å². The lowest BCUT2D eigenvalue weighted by Gasteiger charge is -2.29. The molecule has 0 fully saturated rings. The second-order valence-electron chi connectivity index (χ2n) is 9.63. The highest BCUT2D eigenvalue weighted by Crippen LogP contribution is 2.49. The lowest BCUT2D eigenvalue weighted by atomic mass is 9.86. The molecule has 2 heterocycles. The van der Waals surface area contributed by atoms with Crippen molar-refractivity contribution in [3.8, 4) is 12.1 Å². The van der Waals surface area contributed by atoms with E-state index in [0.29, 0.717) is 0 Å². The van der Waals surface area contributed by atoms with Gasteiger partial charge in [-0.1, -0.05) is 34.4 Å². The van der Waals surface area contributed by atoms with E-state index >= 15 is 0 Å². The zero-order chi connectivity index (χ0) is 32.4. The number of rotatable bonds is 8. The van der Waals surface area contributed by atoms with Crippen molar-refractivity contribution in [1.82, 2.24) is 14.8 Å². The number of halogens is 8. The number of aryl methyl sites for hydroxylation is 2. The third kappa shape index (κ3) is 6.74. The topological polar surface area (TPSA) is 120 Å². The second-order valence-corrected chi connectivity index (χ2v) is 10.5. The molecule has 2 aromatic carbocycles. The summed E-state index contributed by atoms with van der Waals surface area (Å²) in [5.41, 5.74) is -2.84. The first-order valence-electron chi connectivity index (χ1n) is 12.5. The molecule has 0 bridgehead atoms. The van der Waals surface area contributed by atoms with Crippen molar-refractivity contribution in [2.45, 2.75) is 50.7 Å². The third-order valence-corrected chi connectivity index (χ3v) is 7.05. The molecular formula is C27H19Cl2F6N7O2. The Morgan fingerprint density at radius 3 is 2.34 bits per heavy atom. The summed E-state index contributed by atoms with van der Waals surface area (Å²) >= 11 is 11.9. The number of hydrogen-bond donors (Lipinski definition) is 0. The summed E-state index contributed by atoms with van der Waals surface area (Å²) in [5, 5.41) is 26.0. The van der Waals surface area contributed by atoms with Gasteiger partial charge in [0.2, 0.25) is 0 Å². The van der Waals surface area contributed by atoms with Crippen LogP contribution in [0.3, 0.4) is 0 Å². The largest absolute Gasteiger partial charge is 0.435 e. The highest BCUT2D eigenvalue weighted by atomic mass is 35.5. The van der Waals surface area contributed by atoms with E-state index in [2.05, 4.69) is 15.2 Å². The van der Waals surface area contributed by atoms with Crippen LogP contribution in [0.4, 0.5) is 32.3 Å². The fourth-order valence-electron chi connectivity index (χ4n) is 4.49. The van der Waals surface area contributed by atoms with E-state index in [9.17, 15) is 36.4 Å². The predicted octanol–water partition coefficient (Wildman–Crippen LogP) is 6.66. The van der Waals surface area contributed by atoms with Crippen LogP contribution >= 0.6 is 23.2 Å². The van der Waals surface area contributed by atoms with Crippen LogP contribution in [-0.2, 0) is 23.4 Å². The van der Waals surface area contributed by atoms with Crippen LogP contribution in [0.2, 0.25) is 10.0 Å². The molecule has 9 nitrogen and oxygen atoms in total. The minimum Gasteiger partial charge on any atom is -0.374 e. The van der Waals surface area contributed by atoms with Crippen LogP contribution in [-0.4, -0.2) is 45.3 Å². The summed E-state index contributed by atoms with van der Waals surface area (Å²) in [6, 6.07) is 11.0. The number of benzene rings is 2. The van der Waals surface area contributed by atoms with Crippen molar-refractivity contribution in [1.29, 1.82) is 10.5 Å². The minimum absolute atomic E-state index is 0.000646. The van der Waals surface area contributed by atoms with Gasteiger partial charge in [0.05, 0.1) is 24.3 Å². The van der Waals surface area contributed by atoms with Crippen LogP contribution < -0.4 is 4.90 Å². The molecule has 17 heteroatoms. The number of alkyl halides is 6. The summed E-state index contributed by atoms with van der Waals surface area (Å²) in [6.45, 7) is 0.446. The van der Waals surface area contributed by atoms with Crippen molar-refractivity contribution >= 4 is 40.8 Å². The van der Waals surface area contributed by atoms with E-state index in [4.69, 9.17) is 33.3 Å². The van der Waals surface area contributed by atoms with E-state index < -0.39 is 62.2 Å². The lowest BCUT2D eigenvalue weighted by Crippen LogP contribution is -2.42. The Bertz CT molecular complexity index is 1690. The normalized spacial score (nSPS) is 16.6. The SMILES string of the molecule is Cc1cc(C2=NOC(c3cc(Cl)cc(Cl)c3)(C(F)(F)F)C2)ccc1C(=O)N(CC#N)c1nc(CCC(F)(F)F)n(CC#N)n1. The van der Waals surface area contributed by atoms with Gasteiger partial charge < -0.3 is 4.84 Å². The standard InChI is InChI=1S/C27H19Cl2F6N7O2/c1-15-10-16(21-14-25(44-40-21,27(33,34)35)17-11-18(28)13-19(29)12-17)2-3-20(15)23(43)41(8-6-36)24-38-22(4-5-26(30,31)32)42(39-24)9-7-37/h2-3,10-13H,4-5,8-9,14H2,1H3. The molecule has 1 aliphatic heterocycles.